The van der Waals surface area contributed by atoms with Crippen molar-refractivity contribution in [3.63, 3.8) is 0 Å². The van der Waals surface area contributed by atoms with E-state index in [1.54, 1.807) is 49.9 Å². The number of rotatable bonds is 17. The van der Waals surface area contributed by atoms with E-state index in [0.29, 0.717) is 62.4 Å². The van der Waals surface area contributed by atoms with Crippen LogP contribution in [-0.2, 0) is 42.1 Å². The monoisotopic (exact) mass is 1110 g/mol. The smallest absolute Gasteiger partial charge is 0.231 e. The molecule has 3 saturated carbocycles. The van der Waals surface area contributed by atoms with Crippen molar-refractivity contribution < 1.29 is 41.8 Å². The number of para-hydroxylation sites is 1. The molecule has 6 atom stereocenters. The number of nitrogens with zero attached hydrogens (tertiary/aromatic N) is 11. The van der Waals surface area contributed by atoms with Gasteiger partial charge in [-0.1, -0.05) is 12.1 Å². The Morgan fingerprint density at radius 1 is 0.622 bits per heavy atom. The zero-order valence-electron chi connectivity index (χ0n) is 44.4. The fourth-order valence-electron chi connectivity index (χ4n) is 10.6. The normalized spacial score (nSPS) is 19.1. The number of halogens is 3. The largest absolute Gasteiger partial charge is 0.489 e. The molecule has 3 aliphatic rings. The van der Waals surface area contributed by atoms with Gasteiger partial charge in [0.25, 0.3) is 0 Å². The number of aromatic nitrogens is 12. The lowest BCUT2D eigenvalue weighted by Crippen LogP contribution is -2.15. The number of imidazole rings is 2. The molecule has 10 aromatic heterocycles. The summed E-state index contributed by atoms with van der Waals surface area (Å²) >= 11 is 0. The molecule has 1 aromatic carbocycles. The zero-order chi connectivity index (χ0) is 56.2. The van der Waals surface area contributed by atoms with E-state index in [1.807, 2.05) is 94.1 Å². The third-order valence-corrected chi connectivity index (χ3v) is 15.4. The van der Waals surface area contributed by atoms with E-state index in [2.05, 4.69) is 40.9 Å². The van der Waals surface area contributed by atoms with Crippen molar-refractivity contribution >= 4 is 84.6 Å². The van der Waals surface area contributed by atoms with Crippen LogP contribution in [0.2, 0.25) is 0 Å². The summed E-state index contributed by atoms with van der Waals surface area (Å²) in [5.74, 6) is -0.523. The van der Waals surface area contributed by atoms with E-state index >= 15 is 0 Å². The van der Waals surface area contributed by atoms with Crippen molar-refractivity contribution in [2.45, 2.75) is 51.3 Å². The predicted molar refractivity (Wildman–Crippen MR) is 297 cm³/mol. The maximum absolute atomic E-state index is 13.8. The molecule has 0 unspecified atom stereocenters. The summed E-state index contributed by atoms with van der Waals surface area (Å²) < 4.78 is 68.6. The van der Waals surface area contributed by atoms with Crippen molar-refractivity contribution in [2.24, 2.45) is 38.9 Å². The summed E-state index contributed by atoms with van der Waals surface area (Å²) in [5.41, 5.74) is 8.60. The highest BCUT2D eigenvalue weighted by atomic mass is 19.1. The van der Waals surface area contributed by atoms with Crippen molar-refractivity contribution in [1.82, 2.24) is 58.0 Å². The molecule has 3 amide bonds. The molecule has 21 nitrogen and oxygen atoms in total. The molecule has 3 fully saturated rings. The summed E-state index contributed by atoms with van der Waals surface area (Å²) in [5, 5.41) is 10.6. The Labute approximate surface area is 462 Å². The maximum atomic E-state index is 13.8. The Hall–Kier alpha value is -9.87. The Balaban J connectivity index is 0.760. The molecule has 82 heavy (non-hydrogen) atoms. The molecule has 0 spiro atoms. The van der Waals surface area contributed by atoms with Crippen LogP contribution in [0.3, 0.4) is 0 Å². The van der Waals surface area contributed by atoms with Crippen LogP contribution in [0.15, 0.2) is 97.8 Å². The summed E-state index contributed by atoms with van der Waals surface area (Å²) in [6.45, 7) is 1.74. The number of hydrogen-bond acceptors (Lipinski definition) is 13. The highest BCUT2D eigenvalue weighted by Gasteiger charge is 2.45. The maximum Gasteiger partial charge on any atom is 0.231 e. The highest BCUT2D eigenvalue weighted by Crippen LogP contribution is 2.42. The minimum absolute atomic E-state index is 0.00966. The quantitative estimate of drug-likeness (QED) is 0.0624. The van der Waals surface area contributed by atoms with Gasteiger partial charge in [-0.2, -0.15) is 9.97 Å². The Morgan fingerprint density at radius 3 is 1.67 bits per heavy atom. The van der Waals surface area contributed by atoms with Gasteiger partial charge in [0, 0.05) is 67.5 Å². The topological polar surface area (TPSA) is 240 Å². The summed E-state index contributed by atoms with van der Waals surface area (Å²) in [4.78, 5) is 73.8. The van der Waals surface area contributed by atoms with Gasteiger partial charge < -0.3 is 53.2 Å². The number of alkyl halides is 3. The minimum atomic E-state index is -1.17. The second kappa shape index (κ2) is 19.4. The molecule has 0 radical (unpaired) electrons. The predicted octanol–water partition coefficient (Wildman–Crippen LogP) is 8.90. The van der Waals surface area contributed by atoms with E-state index < -0.39 is 48.1 Å². The average Bonchev–Trinajstić information content (AvgIpc) is 3.94. The molecule has 0 saturated heterocycles. The number of H-pyrrole nitrogens is 1. The molecule has 10 heterocycles. The second-order valence-electron chi connectivity index (χ2n) is 21.1. The van der Waals surface area contributed by atoms with Crippen LogP contribution in [0.4, 0.5) is 30.6 Å². The highest BCUT2D eigenvalue weighted by molar-refractivity contribution is 6.00. The number of amides is 3. The van der Waals surface area contributed by atoms with Gasteiger partial charge in [-0.25, -0.2) is 38.1 Å². The molecule has 14 rings (SSSR count). The van der Waals surface area contributed by atoms with Gasteiger partial charge in [-0.15, -0.1) is 0 Å². The molecular weight excluding hydrogens is 1060 g/mol. The fourth-order valence-corrected chi connectivity index (χ4v) is 10.6. The number of aromatic amines is 1. The number of nitrogens with one attached hydrogen (secondary N) is 4. The summed E-state index contributed by atoms with van der Waals surface area (Å²) in [7, 11) is 5.68. The van der Waals surface area contributed by atoms with Crippen LogP contribution in [-0.4, -0.2) is 107 Å². The number of benzene rings is 1. The zero-order valence-corrected chi connectivity index (χ0v) is 44.4. The van der Waals surface area contributed by atoms with Crippen LogP contribution in [0.25, 0.3) is 83.2 Å². The van der Waals surface area contributed by atoms with Crippen molar-refractivity contribution in [2.75, 3.05) is 29.2 Å². The molecule has 0 aliphatic heterocycles. The lowest BCUT2D eigenvalue weighted by Gasteiger charge is -2.17. The number of ether oxygens (including phenoxy) is 3. The van der Waals surface area contributed by atoms with Crippen molar-refractivity contribution in [3.8, 4) is 51.3 Å². The van der Waals surface area contributed by atoms with Crippen LogP contribution in [0, 0.1) is 24.7 Å². The van der Waals surface area contributed by atoms with E-state index in [1.165, 1.54) is 0 Å². The summed E-state index contributed by atoms with van der Waals surface area (Å²) in [6, 6.07) is 18.8. The third-order valence-electron chi connectivity index (χ3n) is 15.4. The Kier molecular flexibility index (Phi) is 11.9. The summed E-state index contributed by atoms with van der Waals surface area (Å²) in [6.07, 6.45) is 7.61. The van der Waals surface area contributed by atoms with Crippen LogP contribution in [0.1, 0.15) is 30.9 Å². The molecule has 24 heteroatoms. The van der Waals surface area contributed by atoms with Gasteiger partial charge in [-0.3, -0.25) is 14.4 Å². The SMILES string of the molecule is Cc1nc(OCCOc2cc3nccn3cc2-c2cc3cc(NC(=O)[C@@H]4C[C@@H]4F)ncc3n2C)c(-c2cc3cc(NC(=O)[C@@H]4C[C@@H]4F)ncc3n2C)c(OCc2nc3c(-c4cc5cc(NC(=O)[C@@H]6C[C@@H]6F)ncc5n4C)cccc3[nH]2)n1. The number of hydrogen-bond donors (Lipinski definition) is 4. The van der Waals surface area contributed by atoms with Gasteiger partial charge in [0.15, 0.2) is 0 Å². The van der Waals surface area contributed by atoms with Crippen molar-refractivity contribution in [3.05, 3.63) is 109 Å². The second-order valence-corrected chi connectivity index (χ2v) is 21.1. The average molecular weight is 1110 g/mol. The standard InChI is InChI=1S/C58H50F3N15O6/c1-27-66-57(81-11-10-80-46-21-51-62-8-9-76(51)25-35(46)41-13-29-16-48(64-23-44(29)74(41)3)71-55(78)33-19-37(33)60)52(42-14-30-17-49(65-24-45(30)75(42)4)72-56(79)34-20-38(34)61)58(67-27)82-26-50-68-39-7-5-6-31(53(39)69-50)40-12-28-15-47(63-22-43(28)73(40)2)70-54(77)32-18-36(32)59/h5-9,12-17,21-25,32-34,36-38H,10-11,18-20,26H2,1-4H3,(H,68,69)(H,63,70,77)(H,64,71,78)(H,65,72,79)/t32-,33-,34-,36+,37+,38+/m1/s1. The first-order valence-corrected chi connectivity index (χ1v) is 26.6. The van der Waals surface area contributed by atoms with E-state index in [9.17, 15) is 27.6 Å². The number of carbonyl (C=O) groups excluding carboxylic acids is 3. The number of fused-ring (bicyclic) bond motifs is 5. The molecule has 0 bridgehead atoms. The van der Waals surface area contributed by atoms with E-state index in [0.717, 1.165) is 49.8 Å². The number of carbonyl (C=O) groups is 3. The molecular formula is C58H50F3N15O6. The number of anilines is 3. The fraction of sp³-hybridized carbons (Fsp3) is 0.276. The number of pyridine rings is 4. The number of aryl methyl sites for hydroxylation is 4. The molecule has 3 aliphatic carbocycles. The third kappa shape index (κ3) is 9.17. The molecule has 11 aromatic rings. The van der Waals surface area contributed by atoms with Crippen LogP contribution < -0.4 is 30.2 Å². The Bertz CT molecular complexity index is 4450. The van der Waals surface area contributed by atoms with Gasteiger partial charge >= 0.3 is 0 Å². The van der Waals surface area contributed by atoms with Gasteiger partial charge in [0.2, 0.25) is 29.5 Å². The van der Waals surface area contributed by atoms with E-state index in [-0.39, 0.29) is 62.6 Å². The lowest BCUT2D eigenvalue weighted by molar-refractivity contribution is -0.118. The van der Waals surface area contributed by atoms with Gasteiger partial charge in [0.05, 0.1) is 86.6 Å². The lowest BCUT2D eigenvalue weighted by atomic mass is 10.1. The first-order valence-electron chi connectivity index (χ1n) is 26.6. The first-order chi connectivity index (χ1) is 39.7. The Morgan fingerprint density at radius 2 is 1.12 bits per heavy atom. The van der Waals surface area contributed by atoms with Crippen LogP contribution in [0.5, 0.6) is 17.5 Å². The van der Waals surface area contributed by atoms with Gasteiger partial charge in [0.1, 0.15) is 84.4 Å². The van der Waals surface area contributed by atoms with Gasteiger partial charge in [-0.05, 0) is 68.7 Å². The molecule has 4 N–H and O–H groups in total. The van der Waals surface area contributed by atoms with Crippen LogP contribution >= 0.6 is 0 Å². The minimum Gasteiger partial charge on any atom is -0.489 e. The molecule has 414 valence electrons. The van der Waals surface area contributed by atoms with Crippen molar-refractivity contribution in [1.29, 1.82) is 0 Å². The van der Waals surface area contributed by atoms with E-state index in [4.69, 9.17) is 29.2 Å². The first kappa shape index (κ1) is 50.4.